The normalized spacial score (nSPS) is 22.5. The highest BCUT2D eigenvalue weighted by Gasteiger charge is 2.28. The third-order valence-electron chi connectivity index (χ3n) is 3.98. The van der Waals surface area contributed by atoms with E-state index in [1.807, 2.05) is 0 Å². The summed E-state index contributed by atoms with van der Waals surface area (Å²) in [6.45, 7) is 8.25. The molecule has 0 radical (unpaired) electrons. The van der Waals surface area contributed by atoms with Gasteiger partial charge in [-0.3, -0.25) is 0 Å². The van der Waals surface area contributed by atoms with Crippen LogP contribution in [0.15, 0.2) is 22.7 Å². The Morgan fingerprint density at radius 1 is 1.45 bits per heavy atom. The van der Waals surface area contributed by atoms with Crippen molar-refractivity contribution in [3.63, 3.8) is 0 Å². The van der Waals surface area contributed by atoms with Gasteiger partial charge < -0.3 is 15.0 Å². The molecule has 1 fully saturated rings. The number of hydrogen-bond acceptors (Lipinski definition) is 3. The molecule has 1 N–H and O–H groups in total. The molecule has 1 heterocycles. The summed E-state index contributed by atoms with van der Waals surface area (Å²) in [6, 6.07) is 7.59. The van der Waals surface area contributed by atoms with Gasteiger partial charge in [-0.05, 0) is 31.0 Å². The van der Waals surface area contributed by atoms with Crippen LogP contribution in [0.4, 0.5) is 5.69 Å². The van der Waals surface area contributed by atoms with Crippen molar-refractivity contribution in [2.75, 3.05) is 18.6 Å². The summed E-state index contributed by atoms with van der Waals surface area (Å²) >= 11 is 3.69. The van der Waals surface area contributed by atoms with E-state index in [-0.39, 0.29) is 0 Å². The molecular weight excluding hydrogens is 316 g/mol. The Kier molecular flexibility index (Phi) is 5.47. The minimum atomic E-state index is 0.307. The van der Waals surface area contributed by atoms with E-state index in [1.54, 1.807) is 0 Å². The number of nitrogens with one attached hydrogen (secondary N) is 1. The smallest absolute Gasteiger partial charge is 0.0750 e. The fraction of sp³-hybridized carbons (Fsp3) is 0.625. The van der Waals surface area contributed by atoms with Gasteiger partial charge >= 0.3 is 0 Å². The van der Waals surface area contributed by atoms with Crippen LogP contribution in [0.2, 0.25) is 0 Å². The lowest BCUT2D eigenvalue weighted by Gasteiger charge is -2.29. The maximum absolute atomic E-state index is 5.66. The van der Waals surface area contributed by atoms with E-state index in [4.69, 9.17) is 4.74 Å². The van der Waals surface area contributed by atoms with Crippen LogP contribution in [-0.2, 0) is 11.3 Å². The molecular formula is C16H25BrN2O. The van der Waals surface area contributed by atoms with Crippen LogP contribution in [0.1, 0.15) is 32.8 Å². The summed E-state index contributed by atoms with van der Waals surface area (Å²) in [5.41, 5.74) is 2.54. The molecule has 1 aromatic rings. The quantitative estimate of drug-likeness (QED) is 0.886. The largest absolute Gasteiger partial charge is 0.376 e. The van der Waals surface area contributed by atoms with E-state index in [2.05, 4.69) is 72.2 Å². The van der Waals surface area contributed by atoms with Gasteiger partial charge in [-0.15, -0.1) is 0 Å². The third-order valence-corrected chi connectivity index (χ3v) is 4.72. The van der Waals surface area contributed by atoms with Crippen molar-refractivity contribution in [1.82, 2.24) is 5.32 Å². The second-order valence-corrected chi connectivity index (χ2v) is 6.71. The number of nitrogens with zero attached hydrogens (tertiary/aromatic N) is 1. The van der Waals surface area contributed by atoms with Gasteiger partial charge in [0.25, 0.3) is 0 Å². The van der Waals surface area contributed by atoms with E-state index in [0.717, 1.165) is 19.6 Å². The van der Waals surface area contributed by atoms with Crippen LogP contribution in [-0.4, -0.2) is 31.8 Å². The molecule has 1 saturated heterocycles. The second-order valence-electron chi connectivity index (χ2n) is 5.85. The van der Waals surface area contributed by atoms with E-state index in [0.29, 0.717) is 18.2 Å². The lowest BCUT2D eigenvalue weighted by Crippen LogP contribution is -2.36. The molecule has 0 amide bonds. The molecule has 4 heteroatoms. The van der Waals surface area contributed by atoms with Crippen molar-refractivity contribution in [2.24, 2.45) is 0 Å². The number of halogens is 1. The predicted molar refractivity (Wildman–Crippen MR) is 88.3 cm³/mol. The van der Waals surface area contributed by atoms with E-state index >= 15 is 0 Å². The van der Waals surface area contributed by atoms with Gasteiger partial charge in [0.2, 0.25) is 0 Å². The van der Waals surface area contributed by atoms with Gasteiger partial charge in [-0.25, -0.2) is 0 Å². The van der Waals surface area contributed by atoms with Crippen molar-refractivity contribution < 1.29 is 4.74 Å². The number of hydrogen-bond donors (Lipinski definition) is 1. The molecule has 1 aliphatic rings. The summed E-state index contributed by atoms with van der Waals surface area (Å²) in [7, 11) is 2.16. The Morgan fingerprint density at radius 3 is 2.75 bits per heavy atom. The highest BCUT2D eigenvalue weighted by molar-refractivity contribution is 9.10. The molecule has 0 bridgehead atoms. The fourth-order valence-electron chi connectivity index (χ4n) is 2.63. The van der Waals surface area contributed by atoms with Gasteiger partial charge in [-0.2, -0.15) is 0 Å². The number of rotatable bonds is 5. The molecule has 0 saturated carbocycles. The first kappa shape index (κ1) is 15.8. The first-order valence-corrected chi connectivity index (χ1v) is 8.14. The average molecular weight is 341 g/mol. The lowest BCUT2D eigenvalue weighted by molar-refractivity contribution is 0.118. The topological polar surface area (TPSA) is 24.5 Å². The Morgan fingerprint density at radius 2 is 2.20 bits per heavy atom. The minimum Gasteiger partial charge on any atom is -0.376 e. The zero-order valence-corrected chi connectivity index (χ0v) is 14.4. The van der Waals surface area contributed by atoms with Crippen LogP contribution in [0.3, 0.4) is 0 Å². The zero-order valence-electron chi connectivity index (χ0n) is 12.8. The number of anilines is 1. The van der Waals surface area contributed by atoms with Crippen molar-refractivity contribution in [2.45, 2.75) is 51.9 Å². The molecule has 0 aromatic heterocycles. The van der Waals surface area contributed by atoms with Crippen LogP contribution in [0.5, 0.6) is 0 Å². The highest BCUT2D eigenvalue weighted by Crippen LogP contribution is 2.28. The van der Waals surface area contributed by atoms with Gasteiger partial charge in [0.1, 0.15) is 0 Å². The molecule has 2 unspecified atom stereocenters. The van der Waals surface area contributed by atoms with E-state index in [9.17, 15) is 0 Å². The molecule has 1 aromatic carbocycles. The SMILES string of the molecule is CC(C)NCc1ccc(N(C)C2CCOC2C)cc1Br. The van der Waals surface area contributed by atoms with Gasteiger partial charge in [0.15, 0.2) is 0 Å². The number of ether oxygens (including phenoxy) is 1. The Balaban J connectivity index is 2.08. The maximum atomic E-state index is 5.66. The molecule has 112 valence electrons. The Labute approximate surface area is 130 Å². The van der Waals surface area contributed by atoms with Gasteiger partial charge in [0, 0.05) is 36.4 Å². The molecule has 20 heavy (non-hydrogen) atoms. The third kappa shape index (κ3) is 3.74. The highest BCUT2D eigenvalue weighted by atomic mass is 79.9. The van der Waals surface area contributed by atoms with Crippen molar-refractivity contribution in [3.05, 3.63) is 28.2 Å². The van der Waals surface area contributed by atoms with Crippen molar-refractivity contribution in [3.8, 4) is 0 Å². The minimum absolute atomic E-state index is 0.307. The molecule has 1 aliphatic heterocycles. The van der Waals surface area contributed by atoms with Gasteiger partial charge in [-0.1, -0.05) is 35.8 Å². The second kappa shape index (κ2) is 6.92. The van der Waals surface area contributed by atoms with Crippen LogP contribution < -0.4 is 10.2 Å². The summed E-state index contributed by atoms with van der Waals surface area (Å²) in [5, 5.41) is 3.45. The van der Waals surface area contributed by atoms with Gasteiger partial charge in [0.05, 0.1) is 12.1 Å². The fourth-order valence-corrected chi connectivity index (χ4v) is 3.14. The predicted octanol–water partition coefficient (Wildman–Crippen LogP) is 3.56. The van der Waals surface area contributed by atoms with Crippen molar-refractivity contribution >= 4 is 21.6 Å². The van der Waals surface area contributed by atoms with Crippen LogP contribution in [0.25, 0.3) is 0 Å². The molecule has 0 aliphatic carbocycles. The van der Waals surface area contributed by atoms with Crippen LogP contribution in [0, 0.1) is 0 Å². The lowest BCUT2D eigenvalue weighted by atomic mass is 10.1. The molecule has 0 spiro atoms. The Bertz CT molecular complexity index is 450. The summed E-state index contributed by atoms with van der Waals surface area (Å²) in [6.07, 6.45) is 1.41. The first-order valence-electron chi connectivity index (χ1n) is 7.35. The van der Waals surface area contributed by atoms with Crippen molar-refractivity contribution in [1.29, 1.82) is 0 Å². The first-order chi connectivity index (χ1) is 9.49. The zero-order chi connectivity index (χ0) is 14.7. The van der Waals surface area contributed by atoms with E-state index < -0.39 is 0 Å². The monoisotopic (exact) mass is 340 g/mol. The summed E-state index contributed by atoms with van der Waals surface area (Å²) in [4.78, 5) is 2.34. The summed E-state index contributed by atoms with van der Waals surface area (Å²) in [5.74, 6) is 0. The molecule has 3 nitrogen and oxygen atoms in total. The van der Waals surface area contributed by atoms with E-state index in [1.165, 1.54) is 15.7 Å². The standard InChI is InChI=1S/C16H25BrN2O/c1-11(2)18-10-13-5-6-14(9-15(13)17)19(4)16-7-8-20-12(16)3/h5-6,9,11-12,16,18H,7-8,10H2,1-4H3. The summed E-state index contributed by atoms with van der Waals surface area (Å²) < 4.78 is 6.83. The Hall–Kier alpha value is -0.580. The average Bonchev–Trinajstić information content (AvgIpc) is 2.82. The molecule has 2 rings (SSSR count). The van der Waals surface area contributed by atoms with Crippen LogP contribution >= 0.6 is 15.9 Å². The maximum Gasteiger partial charge on any atom is 0.0750 e. The molecule has 2 atom stereocenters. The number of benzene rings is 1. The number of likely N-dealkylation sites (N-methyl/N-ethyl adjacent to an activating group) is 1.